The van der Waals surface area contributed by atoms with Crippen LogP contribution in [0.1, 0.15) is 28.8 Å². The Morgan fingerprint density at radius 3 is 2.56 bits per heavy atom. The van der Waals surface area contributed by atoms with Gasteiger partial charge in [-0.15, -0.1) is 0 Å². The quantitative estimate of drug-likeness (QED) is 0.869. The first-order chi connectivity index (χ1) is 12.8. The molecule has 1 aliphatic rings. The number of halogens is 3. The predicted octanol–water partition coefficient (Wildman–Crippen LogP) is 2.68. The molecule has 2 aromatic rings. The third kappa shape index (κ3) is 4.77. The third-order valence-electron chi connectivity index (χ3n) is 4.54. The number of alkyl halides is 3. The van der Waals surface area contributed by atoms with Crippen LogP contribution in [0.2, 0.25) is 0 Å². The molecular formula is C19H20F3N3O2. The molecule has 1 fully saturated rings. The number of carbonyl (C=O) groups is 1. The minimum absolute atomic E-state index is 0.0570. The fourth-order valence-corrected chi connectivity index (χ4v) is 3.09. The van der Waals surface area contributed by atoms with Crippen molar-refractivity contribution in [3.8, 4) is 5.69 Å². The molecule has 0 saturated carbocycles. The number of amides is 1. The van der Waals surface area contributed by atoms with Gasteiger partial charge in [0, 0.05) is 31.0 Å². The molecule has 3 rings (SSSR count). The van der Waals surface area contributed by atoms with Gasteiger partial charge in [-0.05, 0) is 50.2 Å². The van der Waals surface area contributed by atoms with Crippen molar-refractivity contribution < 1.29 is 18.0 Å². The molecule has 8 heteroatoms. The van der Waals surface area contributed by atoms with Crippen molar-refractivity contribution in [2.45, 2.75) is 19.0 Å². The minimum Gasteiger partial charge on any atom is -0.351 e. The van der Waals surface area contributed by atoms with Crippen LogP contribution in [0.5, 0.6) is 0 Å². The summed E-state index contributed by atoms with van der Waals surface area (Å²) in [4.78, 5) is 26.7. The summed E-state index contributed by atoms with van der Waals surface area (Å²) in [5.74, 6) is -0.366. The zero-order valence-corrected chi connectivity index (χ0v) is 14.6. The van der Waals surface area contributed by atoms with Gasteiger partial charge >= 0.3 is 6.18 Å². The van der Waals surface area contributed by atoms with Crippen molar-refractivity contribution in [1.29, 1.82) is 0 Å². The van der Waals surface area contributed by atoms with E-state index >= 15 is 0 Å². The van der Waals surface area contributed by atoms with Crippen molar-refractivity contribution in [3.05, 3.63) is 64.1 Å². The predicted molar refractivity (Wildman–Crippen MR) is 95.0 cm³/mol. The molecule has 144 valence electrons. The first kappa shape index (κ1) is 19.2. The number of likely N-dealkylation sites (tertiary alicyclic amines) is 1. The second-order valence-corrected chi connectivity index (χ2v) is 6.48. The highest BCUT2D eigenvalue weighted by Gasteiger charge is 2.30. The lowest BCUT2D eigenvalue weighted by Gasteiger charge is -2.15. The van der Waals surface area contributed by atoms with Crippen LogP contribution in [-0.4, -0.2) is 41.6 Å². The molecule has 0 atom stereocenters. The fourth-order valence-electron chi connectivity index (χ4n) is 3.09. The van der Waals surface area contributed by atoms with Gasteiger partial charge in [-0.2, -0.15) is 13.2 Å². The van der Waals surface area contributed by atoms with Gasteiger partial charge in [0.1, 0.15) is 0 Å². The van der Waals surface area contributed by atoms with Crippen LogP contribution in [0.25, 0.3) is 5.69 Å². The molecule has 0 radical (unpaired) electrons. The molecule has 1 amide bonds. The number of carbonyl (C=O) groups excluding carboxylic acids is 1. The van der Waals surface area contributed by atoms with Crippen molar-refractivity contribution in [2.75, 3.05) is 26.2 Å². The van der Waals surface area contributed by atoms with Crippen molar-refractivity contribution in [2.24, 2.45) is 0 Å². The number of nitrogens with one attached hydrogen (secondary N) is 1. The van der Waals surface area contributed by atoms with Gasteiger partial charge < -0.3 is 10.2 Å². The summed E-state index contributed by atoms with van der Waals surface area (Å²) in [6, 6.07) is 6.99. The Hall–Kier alpha value is -2.61. The number of nitrogens with zero attached hydrogens (tertiary/aromatic N) is 2. The lowest BCUT2D eigenvalue weighted by atomic mass is 10.2. The molecular weight excluding hydrogens is 359 g/mol. The Balaban J connectivity index is 1.76. The summed E-state index contributed by atoms with van der Waals surface area (Å²) in [6.45, 7) is 3.27. The van der Waals surface area contributed by atoms with Crippen LogP contribution >= 0.6 is 0 Å². The standard InChI is InChI=1S/C19H20F3N3O2/c20-19(21,22)15-4-3-5-16(12-15)25-13-14(6-7-17(25)26)18(27)23-8-11-24-9-1-2-10-24/h3-7,12-13H,1-2,8-11H2,(H,23,27). The van der Waals surface area contributed by atoms with Gasteiger partial charge in [-0.3, -0.25) is 14.2 Å². The first-order valence-electron chi connectivity index (χ1n) is 8.75. The Morgan fingerprint density at radius 1 is 1.11 bits per heavy atom. The monoisotopic (exact) mass is 379 g/mol. The third-order valence-corrected chi connectivity index (χ3v) is 4.54. The van der Waals surface area contributed by atoms with Crippen molar-refractivity contribution in [1.82, 2.24) is 14.8 Å². The molecule has 0 unspecified atom stereocenters. The highest BCUT2D eigenvalue weighted by Crippen LogP contribution is 2.30. The lowest BCUT2D eigenvalue weighted by molar-refractivity contribution is -0.137. The van der Waals surface area contributed by atoms with E-state index in [0.717, 1.165) is 49.2 Å². The van der Waals surface area contributed by atoms with E-state index in [0.29, 0.717) is 6.54 Å². The Bertz CT molecular complexity index is 871. The lowest BCUT2D eigenvalue weighted by Crippen LogP contribution is -2.34. The summed E-state index contributed by atoms with van der Waals surface area (Å²) >= 11 is 0. The maximum Gasteiger partial charge on any atom is 0.416 e. The zero-order valence-electron chi connectivity index (χ0n) is 14.6. The molecule has 1 N–H and O–H groups in total. The van der Waals surface area contributed by atoms with Crippen molar-refractivity contribution in [3.63, 3.8) is 0 Å². The molecule has 0 spiro atoms. The van der Waals surface area contributed by atoms with Gasteiger partial charge in [-0.25, -0.2) is 0 Å². The Labute approximate surface area is 154 Å². The van der Waals surface area contributed by atoms with E-state index in [1.54, 1.807) is 0 Å². The smallest absolute Gasteiger partial charge is 0.351 e. The largest absolute Gasteiger partial charge is 0.416 e. The number of hydrogen-bond donors (Lipinski definition) is 1. The minimum atomic E-state index is -4.51. The zero-order chi connectivity index (χ0) is 19.4. The topological polar surface area (TPSA) is 54.3 Å². The van der Waals surface area contributed by atoms with Crippen molar-refractivity contribution >= 4 is 5.91 Å². The van der Waals surface area contributed by atoms with E-state index in [1.807, 2.05) is 0 Å². The number of rotatable bonds is 5. The van der Waals surface area contributed by atoms with Crippen LogP contribution in [0.3, 0.4) is 0 Å². The van der Waals surface area contributed by atoms with Gasteiger partial charge in [0.15, 0.2) is 0 Å². The second-order valence-electron chi connectivity index (χ2n) is 6.48. The van der Waals surface area contributed by atoms with E-state index in [2.05, 4.69) is 10.2 Å². The van der Waals surface area contributed by atoms with Crippen LogP contribution < -0.4 is 10.9 Å². The Morgan fingerprint density at radius 2 is 1.85 bits per heavy atom. The van der Waals surface area contributed by atoms with Gasteiger partial charge in [-0.1, -0.05) is 6.07 Å². The number of pyridine rings is 1. The maximum absolute atomic E-state index is 12.9. The average molecular weight is 379 g/mol. The molecule has 1 aliphatic heterocycles. The number of aromatic nitrogens is 1. The fraction of sp³-hybridized carbons (Fsp3) is 0.368. The van der Waals surface area contributed by atoms with E-state index in [-0.39, 0.29) is 17.2 Å². The van der Waals surface area contributed by atoms with E-state index in [1.165, 1.54) is 30.5 Å². The van der Waals surface area contributed by atoms with Gasteiger partial charge in [0.05, 0.1) is 11.1 Å². The van der Waals surface area contributed by atoms with Crippen LogP contribution in [-0.2, 0) is 6.18 Å². The molecule has 1 saturated heterocycles. The summed E-state index contributed by atoms with van der Waals surface area (Å²) < 4.78 is 39.8. The molecule has 27 heavy (non-hydrogen) atoms. The highest BCUT2D eigenvalue weighted by atomic mass is 19.4. The summed E-state index contributed by atoms with van der Waals surface area (Å²) in [7, 11) is 0. The summed E-state index contributed by atoms with van der Waals surface area (Å²) in [5, 5.41) is 2.78. The highest BCUT2D eigenvalue weighted by molar-refractivity contribution is 5.93. The van der Waals surface area contributed by atoms with E-state index in [4.69, 9.17) is 0 Å². The molecule has 1 aromatic carbocycles. The summed E-state index contributed by atoms with van der Waals surface area (Å²) in [5.41, 5.74) is -1.09. The van der Waals surface area contributed by atoms with Crippen LogP contribution in [0.15, 0.2) is 47.4 Å². The summed E-state index contributed by atoms with van der Waals surface area (Å²) in [6.07, 6.45) is -0.918. The first-order valence-corrected chi connectivity index (χ1v) is 8.75. The van der Waals surface area contributed by atoms with E-state index < -0.39 is 17.3 Å². The van der Waals surface area contributed by atoms with E-state index in [9.17, 15) is 22.8 Å². The Kier molecular flexibility index (Phi) is 5.65. The molecule has 5 nitrogen and oxygen atoms in total. The van der Waals surface area contributed by atoms with Crippen LogP contribution in [0, 0.1) is 0 Å². The van der Waals surface area contributed by atoms with Gasteiger partial charge in [0.2, 0.25) is 0 Å². The maximum atomic E-state index is 12.9. The second kappa shape index (κ2) is 7.96. The number of benzene rings is 1. The molecule has 0 aliphatic carbocycles. The normalized spacial score (nSPS) is 15.1. The molecule has 1 aromatic heterocycles. The van der Waals surface area contributed by atoms with Gasteiger partial charge in [0.25, 0.3) is 11.5 Å². The average Bonchev–Trinajstić information content (AvgIpc) is 3.15. The number of hydrogen-bond acceptors (Lipinski definition) is 3. The molecule has 0 bridgehead atoms. The SMILES string of the molecule is O=C(NCCN1CCCC1)c1ccc(=O)n(-c2cccc(C(F)(F)F)c2)c1. The van der Waals surface area contributed by atoms with Crippen LogP contribution in [0.4, 0.5) is 13.2 Å². The molecule has 2 heterocycles.